The summed E-state index contributed by atoms with van der Waals surface area (Å²) < 4.78 is 0. The summed E-state index contributed by atoms with van der Waals surface area (Å²) in [6, 6.07) is 15.0. The molecule has 2 aromatic rings. The number of aliphatic imine (C=N–C) groups is 1. The van der Waals surface area contributed by atoms with Crippen LogP contribution in [-0.2, 0) is 14.4 Å². The second kappa shape index (κ2) is 7.26. The van der Waals surface area contributed by atoms with Crippen LogP contribution >= 0.6 is 0 Å². The summed E-state index contributed by atoms with van der Waals surface area (Å²) in [6.07, 6.45) is 0.250. The van der Waals surface area contributed by atoms with E-state index in [4.69, 9.17) is 9.59 Å². The summed E-state index contributed by atoms with van der Waals surface area (Å²) in [5.74, 6) is -0.267. The van der Waals surface area contributed by atoms with Gasteiger partial charge in [0.1, 0.15) is 12.4 Å². The summed E-state index contributed by atoms with van der Waals surface area (Å²) in [5, 5.41) is 9.39. The minimum Gasteiger partial charge on any atom is -0.376 e. The molecule has 6 heteroatoms. The zero-order valence-electron chi connectivity index (χ0n) is 12.4. The molecule has 1 amide bonds. The van der Waals surface area contributed by atoms with E-state index in [1.165, 1.54) is 4.90 Å². The van der Waals surface area contributed by atoms with Gasteiger partial charge < -0.3 is 5.11 Å². The highest BCUT2D eigenvalue weighted by atomic mass is 16.3. The molecule has 1 N–H and O–H groups in total. The third kappa shape index (κ3) is 3.40. The number of rotatable bonds is 2. The number of nitrogens with zero attached hydrogens (tertiary/aromatic N) is 2. The molecule has 23 heavy (non-hydrogen) atoms. The normalized spacial score (nSPS) is 14.1. The summed E-state index contributed by atoms with van der Waals surface area (Å²) in [6.45, 7) is 1.62. The number of hydrogen-bond donors (Lipinski definition) is 1. The highest BCUT2D eigenvalue weighted by Gasteiger charge is 2.33. The first kappa shape index (κ1) is 16.3. The molecule has 0 saturated heterocycles. The quantitative estimate of drug-likeness (QED) is 0.916. The maximum Gasteiger partial charge on any atom is 0.373 e. The molecule has 0 atom stereocenters. The van der Waals surface area contributed by atoms with Gasteiger partial charge in [0.15, 0.2) is 0 Å². The van der Waals surface area contributed by atoms with Crippen molar-refractivity contribution in [2.75, 3.05) is 11.6 Å². The van der Waals surface area contributed by atoms with Crippen LogP contribution in [0.25, 0.3) is 0 Å². The van der Waals surface area contributed by atoms with Gasteiger partial charge in [0.2, 0.25) is 0 Å². The van der Waals surface area contributed by atoms with E-state index >= 15 is 0 Å². The maximum absolute atomic E-state index is 12.3. The van der Waals surface area contributed by atoms with Gasteiger partial charge in [-0.15, -0.1) is 0 Å². The Hall–Kier alpha value is -3.08. The molecule has 6 nitrogen and oxygen atoms in total. The van der Waals surface area contributed by atoms with Crippen LogP contribution in [0.2, 0.25) is 0 Å². The number of aryl methyl sites for hydroxylation is 1. The topological polar surface area (TPSA) is 87.0 Å². The number of anilines is 1. The summed E-state index contributed by atoms with van der Waals surface area (Å²) in [7, 11) is 0. The van der Waals surface area contributed by atoms with E-state index in [9.17, 15) is 9.90 Å². The van der Waals surface area contributed by atoms with Crippen molar-refractivity contribution in [2.45, 2.75) is 6.92 Å². The van der Waals surface area contributed by atoms with E-state index in [2.05, 4.69) is 4.99 Å². The molecule has 1 aliphatic heterocycles. The first-order valence-electron chi connectivity index (χ1n) is 6.79. The van der Waals surface area contributed by atoms with Crippen molar-refractivity contribution < 1.29 is 19.5 Å². The molecule has 0 radical (unpaired) electrons. The van der Waals surface area contributed by atoms with Crippen molar-refractivity contribution in [3.8, 4) is 0 Å². The number of carbonyl (C=O) groups is 1. The smallest absolute Gasteiger partial charge is 0.373 e. The van der Waals surface area contributed by atoms with Crippen molar-refractivity contribution in [2.24, 2.45) is 4.99 Å². The molecule has 0 saturated carbocycles. The van der Waals surface area contributed by atoms with E-state index < -0.39 is 0 Å². The average molecular weight is 310 g/mol. The number of aliphatic hydroxyl groups is 1. The number of hydrogen-bond acceptors (Lipinski definition) is 5. The van der Waals surface area contributed by atoms with E-state index in [1.807, 2.05) is 55.5 Å². The van der Waals surface area contributed by atoms with Crippen molar-refractivity contribution in [1.29, 1.82) is 0 Å². The molecule has 0 aromatic heterocycles. The van der Waals surface area contributed by atoms with Crippen molar-refractivity contribution in [3.05, 3.63) is 59.7 Å². The standard InChI is InChI=1S/C16H14N2O2.CO2/c1-11-7-8-14-13(9-11)15(16(20)18(14)10-19)17-12-5-3-2-4-6-12;2-1-3/h2-9,19H,10H2,1H3;. The van der Waals surface area contributed by atoms with Gasteiger partial charge in [-0.3, -0.25) is 9.69 Å². The molecular formula is C17H14N2O4. The fourth-order valence-corrected chi connectivity index (χ4v) is 2.31. The van der Waals surface area contributed by atoms with E-state index in [-0.39, 0.29) is 18.8 Å². The number of fused-ring (bicyclic) bond motifs is 1. The largest absolute Gasteiger partial charge is 0.376 e. The lowest BCUT2D eigenvalue weighted by Gasteiger charge is -2.12. The van der Waals surface area contributed by atoms with Crippen LogP contribution in [0, 0.1) is 6.92 Å². The lowest BCUT2D eigenvalue weighted by molar-refractivity contribution is -0.191. The van der Waals surface area contributed by atoms with Gasteiger partial charge in [-0.2, -0.15) is 9.59 Å². The van der Waals surface area contributed by atoms with Crippen molar-refractivity contribution in [3.63, 3.8) is 0 Å². The molecule has 0 fully saturated rings. The van der Waals surface area contributed by atoms with Gasteiger partial charge in [-0.25, -0.2) is 4.99 Å². The molecule has 0 aliphatic carbocycles. The van der Waals surface area contributed by atoms with Crippen LogP contribution in [0.5, 0.6) is 0 Å². The second-order valence-corrected chi connectivity index (χ2v) is 4.77. The Morgan fingerprint density at radius 1 is 1.13 bits per heavy atom. The van der Waals surface area contributed by atoms with Crippen LogP contribution in [0.1, 0.15) is 11.1 Å². The fourth-order valence-electron chi connectivity index (χ4n) is 2.31. The van der Waals surface area contributed by atoms with Crippen LogP contribution < -0.4 is 4.90 Å². The summed E-state index contributed by atoms with van der Waals surface area (Å²) in [5.41, 5.74) is 3.63. The average Bonchev–Trinajstić information content (AvgIpc) is 2.81. The lowest BCUT2D eigenvalue weighted by Crippen LogP contribution is -2.30. The number of aliphatic hydroxyl groups excluding tert-OH is 1. The third-order valence-electron chi connectivity index (χ3n) is 3.28. The van der Waals surface area contributed by atoms with Gasteiger partial charge >= 0.3 is 6.15 Å². The van der Waals surface area contributed by atoms with Crippen molar-refractivity contribution in [1.82, 2.24) is 0 Å². The van der Waals surface area contributed by atoms with E-state index in [0.717, 1.165) is 16.8 Å². The highest BCUT2D eigenvalue weighted by Crippen LogP contribution is 2.31. The number of para-hydroxylation sites is 1. The van der Waals surface area contributed by atoms with Crippen molar-refractivity contribution >= 4 is 29.1 Å². The number of amides is 1. The van der Waals surface area contributed by atoms with Crippen LogP contribution in [0.3, 0.4) is 0 Å². The monoisotopic (exact) mass is 310 g/mol. The Morgan fingerprint density at radius 3 is 2.39 bits per heavy atom. The van der Waals surface area contributed by atoms with Gasteiger partial charge in [-0.05, 0) is 31.2 Å². The lowest BCUT2D eigenvalue weighted by atomic mass is 10.1. The summed E-state index contributed by atoms with van der Waals surface area (Å²) in [4.78, 5) is 34.4. The van der Waals surface area contributed by atoms with Gasteiger partial charge in [-0.1, -0.05) is 29.8 Å². The van der Waals surface area contributed by atoms with Gasteiger partial charge in [0, 0.05) is 5.56 Å². The zero-order chi connectivity index (χ0) is 16.8. The van der Waals surface area contributed by atoms with Gasteiger partial charge in [0.05, 0.1) is 11.4 Å². The van der Waals surface area contributed by atoms with Crippen LogP contribution in [0.15, 0.2) is 53.5 Å². The first-order chi connectivity index (χ1) is 11.1. The number of benzene rings is 2. The molecule has 116 valence electrons. The van der Waals surface area contributed by atoms with Crippen LogP contribution in [0.4, 0.5) is 11.4 Å². The Labute approximate surface area is 132 Å². The third-order valence-corrected chi connectivity index (χ3v) is 3.28. The number of carbonyl (C=O) groups excluding carboxylic acids is 3. The highest BCUT2D eigenvalue weighted by molar-refractivity contribution is 6.54. The molecule has 0 unspecified atom stereocenters. The van der Waals surface area contributed by atoms with E-state index in [1.54, 1.807) is 0 Å². The molecule has 1 aliphatic rings. The second-order valence-electron chi connectivity index (χ2n) is 4.77. The molecule has 3 rings (SSSR count). The Kier molecular flexibility index (Phi) is 5.15. The predicted molar refractivity (Wildman–Crippen MR) is 83.4 cm³/mol. The van der Waals surface area contributed by atoms with E-state index in [0.29, 0.717) is 11.4 Å². The predicted octanol–water partition coefficient (Wildman–Crippen LogP) is 1.83. The summed E-state index contributed by atoms with van der Waals surface area (Å²) >= 11 is 0. The molecular weight excluding hydrogens is 296 g/mol. The molecule has 2 aromatic carbocycles. The maximum atomic E-state index is 12.3. The molecule has 0 spiro atoms. The zero-order valence-corrected chi connectivity index (χ0v) is 12.4. The minimum atomic E-state index is -0.345. The fraction of sp³-hybridized carbons (Fsp3) is 0.118. The van der Waals surface area contributed by atoms with Gasteiger partial charge in [0.25, 0.3) is 5.91 Å². The minimum absolute atomic E-state index is 0.250. The van der Waals surface area contributed by atoms with Crippen LogP contribution in [-0.4, -0.2) is 29.6 Å². The Balaban J connectivity index is 0.000000595. The molecule has 0 bridgehead atoms. The SMILES string of the molecule is Cc1ccc2c(c1)C(=Nc1ccccc1)C(=O)N2CO.O=C=O. The Morgan fingerprint density at radius 2 is 1.78 bits per heavy atom. The Bertz CT molecular complexity index is 778. The molecule has 1 heterocycles. The first-order valence-corrected chi connectivity index (χ1v) is 6.79.